The highest BCUT2D eigenvalue weighted by Crippen LogP contribution is 2.07. The number of anilines is 1. The molecule has 1 aromatic heterocycles. The Bertz CT molecular complexity index is 494. The zero-order valence-corrected chi connectivity index (χ0v) is 12.6. The Hall–Kier alpha value is -2.11. The Morgan fingerprint density at radius 3 is 2.50 bits per heavy atom. The number of carbonyl (C=O) groups is 2. The van der Waals surface area contributed by atoms with Crippen molar-refractivity contribution in [1.29, 1.82) is 0 Å². The summed E-state index contributed by atoms with van der Waals surface area (Å²) in [5, 5.41) is 8.37. The number of aromatic nitrogens is 1. The fourth-order valence-electron chi connectivity index (χ4n) is 1.52. The van der Waals surface area contributed by atoms with Crippen LogP contribution in [0.25, 0.3) is 0 Å². The predicted molar refractivity (Wildman–Crippen MR) is 78.6 cm³/mol. The molecule has 6 nitrogen and oxygen atoms in total. The molecule has 0 spiro atoms. The van der Waals surface area contributed by atoms with Gasteiger partial charge in [-0.1, -0.05) is 0 Å². The van der Waals surface area contributed by atoms with Gasteiger partial charge in [-0.3, -0.25) is 14.6 Å². The number of hydrogen-bond acceptors (Lipinski definition) is 4. The minimum Gasteiger partial charge on any atom is -0.388 e. The van der Waals surface area contributed by atoms with Gasteiger partial charge in [0.15, 0.2) is 0 Å². The van der Waals surface area contributed by atoms with Crippen LogP contribution in [0.15, 0.2) is 18.3 Å². The van der Waals surface area contributed by atoms with E-state index in [9.17, 15) is 9.59 Å². The normalized spacial score (nSPS) is 12.4. The molecule has 1 rings (SSSR count). The molecule has 3 N–H and O–H groups in total. The minimum atomic E-state index is -0.623. The van der Waals surface area contributed by atoms with Crippen LogP contribution in [0.5, 0.6) is 0 Å². The Labute approximate surface area is 119 Å². The second-order valence-corrected chi connectivity index (χ2v) is 5.61. The van der Waals surface area contributed by atoms with E-state index < -0.39 is 6.04 Å². The first-order valence-electron chi connectivity index (χ1n) is 6.49. The molecule has 0 aromatic carbocycles. The number of amides is 2. The molecule has 0 aliphatic rings. The number of hydrogen-bond donors (Lipinski definition) is 3. The van der Waals surface area contributed by atoms with Crippen LogP contribution >= 0.6 is 0 Å². The van der Waals surface area contributed by atoms with Crippen molar-refractivity contribution in [3.8, 4) is 0 Å². The van der Waals surface area contributed by atoms with E-state index in [1.807, 2.05) is 20.8 Å². The second-order valence-electron chi connectivity index (χ2n) is 5.61. The third-order valence-electron chi connectivity index (χ3n) is 2.52. The van der Waals surface area contributed by atoms with Crippen molar-refractivity contribution in [1.82, 2.24) is 15.6 Å². The van der Waals surface area contributed by atoms with Gasteiger partial charge in [0, 0.05) is 24.5 Å². The van der Waals surface area contributed by atoms with Gasteiger partial charge < -0.3 is 16.0 Å². The van der Waals surface area contributed by atoms with Crippen LogP contribution in [-0.2, 0) is 4.79 Å². The molecule has 6 heteroatoms. The largest absolute Gasteiger partial charge is 0.388 e. The smallest absolute Gasteiger partial charge is 0.270 e. The van der Waals surface area contributed by atoms with Gasteiger partial charge in [0.1, 0.15) is 11.7 Å². The van der Waals surface area contributed by atoms with Gasteiger partial charge in [-0.25, -0.2) is 0 Å². The molecule has 0 radical (unpaired) electrons. The van der Waals surface area contributed by atoms with Gasteiger partial charge >= 0.3 is 0 Å². The minimum absolute atomic E-state index is 0.226. The third-order valence-corrected chi connectivity index (χ3v) is 2.52. The van der Waals surface area contributed by atoms with E-state index in [-0.39, 0.29) is 23.0 Å². The van der Waals surface area contributed by atoms with Crippen molar-refractivity contribution >= 4 is 17.5 Å². The standard InChI is InChI=1S/C14H22N4O2/c1-9(12(19)18-14(2,3)4)17-13(20)11-8-10(15-5)6-7-16-11/h6-9H,1-5H3,(H,15,16)(H,17,20)(H,18,19). The SMILES string of the molecule is CNc1ccnc(C(=O)NC(C)C(=O)NC(C)(C)C)c1. The number of pyridine rings is 1. The molecule has 0 fully saturated rings. The molecule has 0 aliphatic heterocycles. The first kappa shape index (κ1) is 15.9. The molecule has 0 saturated heterocycles. The van der Waals surface area contributed by atoms with E-state index in [0.29, 0.717) is 0 Å². The number of carbonyl (C=O) groups excluding carboxylic acids is 2. The fraction of sp³-hybridized carbons (Fsp3) is 0.500. The molecule has 2 amide bonds. The monoisotopic (exact) mass is 278 g/mol. The van der Waals surface area contributed by atoms with Gasteiger partial charge in [-0.15, -0.1) is 0 Å². The van der Waals surface area contributed by atoms with Gasteiger partial charge in [-0.05, 0) is 39.8 Å². The van der Waals surface area contributed by atoms with Crippen molar-refractivity contribution in [2.75, 3.05) is 12.4 Å². The van der Waals surface area contributed by atoms with E-state index >= 15 is 0 Å². The van der Waals surface area contributed by atoms with Crippen LogP contribution in [-0.4, -0.2) is 35.4 Å². The molecule has 0 saturated carbocycles. The molecular weight excluding hydrogens is 256 g/mol. The highest BCUT2D eigenvalue weighted by Gasteiger charge is 2.21. The van der Waals surface area contributed by atoms with E-state index in [0.717, 1.165) is 5.69 Å². The lowest BCUT2D eigenvalue weighted by molar-refractivity contribution is -0.124. The summed E-state index contributed by atoms with van der Waals surface area (Å²) in [4.78, 5) is 27.9. The molecule has 1 unspecified atom stereocenters. The maximum absolute atomic E-state index is 12.0. The first-order valence-corrected chi connectivity index (χ1v) is 6.49. The summed E-state index contributed by atoms with van der Waals surface area (Å²) in [7, 11) is 1.76. The van der Waals surface area contributed by atoms with Gasteiger partial charge in [-0.2, -0.15) is 0 Å². The lowest BCUT2D eigenvalue weighted by Crippen LogP contribution is -2.50. The molecule has 20 heavy (non-hydrogen) atoms. The summed E-state index contributed by atoms with van der Waals surface area (Å²) < 4.78 is 0. The summed E-state index contributed by atoms with van der Waals surface area (Å²) in [6.45, 7) is 7.30. The molecule has 1 heterocycles. The maximum atomic E-state index is 12.0. The summed E-state index contributed by atoms with van der Waals surface area (Å²) in [6, 6.07) is 2.76. The highest BCUT2D eigenvalue weighted by atomic mass is 16.2. The predicted octanol–water partition coefficient (Wildman–Crippen LogP) is 1.16. The average molecular weight is 278 g/mol. The molecule has 0 aliphatic carbocycles. The maximum Gasteiger partial charge on any atom is 0.270 e. The molecular formula is C14H22N4O2. The first-order chi connectivity index (χ1) is 9.23. The van der Waals surface area contributed by atoms with E-state index in [4.69, 9.17) is 0 Å². The number of nitrogens with one attached hydrogen (secondary N) is 3. The van der Waals surface area contributed by atoms with Crippen LogP contribution in [0.3, 0.4) is 0 Å². The zero-order valence-electron chi connectivity index (χ0n) is 12.6. The lowest BCUT2D eigenvalue weighted by atomic mass is 10.1. The molecule has 0 bridgehead atoms. The van der Waals surface area contributed by atoms with Crippen molar-refractivity contribution in [3.63, 3.8) is 0 Å². The van der Waals surface area contributed by atoms with Crippen molar-refractivity contribution in [2.24, 2.45) is 0 Å². The van der Waals surface area contributed by atoms with Crippen LogP contribution in [0.2, 0.25) is 0 Å². The van der Waals surface area contributed by atoms with Crippen molar-refractivity contribution in [2.45, 2.75) is 39.3 Å². The van der Waals surface area contributed by atoms with Crippen molar-refractivity contribution in [3.05, 3.63) is 24.0 Å². The summed E-state index contributed by atoms with van der Waals surface area (Å²) in [5.74, 6) is -0.603. The lowest BCUT2D eigenvalue weighted by Gasteiger charge is -2.23. The number of rotatable bonds is 4. The molecule has 1 atom stereocenters. The molecule has 1 aromatic rings. The summed E-state index contributed by atoms with van der Waals surface area (Å²) >= 11 is 0. The third kappa shape index (κ3) is 4.87. The second kappa shape index (κ2) is 6.36. The summed E-state index contributed by atoms with van der Waals surface area (Å²) in [5.41, 5.74) is 0.726. The Morgan fingerprint density at radius 1 is 1.30 bits per heavy atom. The van der Waals surface area contributed by atoms with Crippen LogP contribution in [0.4, 0.5) is 5.69 Å². The Balaban J connectivity index is 2.67. The number of nitrogens with zero attached hydrogens (tertiary/aromatic N) is 1. The fourth-order valence-corrected chi connectivity index (χ4v) is 1.52. The van der Waals surface area contributed by atoms with E-state index in [2.05, 4.69) is 20.9 Å². The Kier molecular flexibility index (Phi) is 5.07. The van der Waals surface area contributed by atoms with E-state index in [1.165, 1.54) is 0 Å². The Morgan fingerprint density at radius 2 is 1.95 bits per heavy atom. The van der Waals surface area contributed by atoms with Gasteiger partial charge in [0.05, 0.1) is 0 Å². The topological polar surface area (TPSA) is 83.1 Å². The molecule has 110 valence electrons. The van der Waals surface area contributed by atoms with Crippen LogP contribution in [0, 0.1) is 0 Å². The van der Waals surface area contributed by atoms with Gasteiger partial charge in [0.25, 0.3) is 5.91 Å². The average Bonchev–Trinajstić information content (AvgIpc) is 2.36. The quantitative estimate of drug-likeness (QED) is 0.771. The van der Waals surface area contributed by atoms with E-state index in [1.54, 1.807) is 32.3 Å². The van der Waals surface area contributed by atoms with Crippen LogP contribution in [0.1, 0.15) is 38.2 Å². The van der Waals surface area contributed by atoms with Gasteiger partial charge in [0.2, 0.25) is 5.91 Å². The zero-order chi connectivity index (χ0) is 15.3. The summed E-state index contributed by atoms with van der Waals surface area (Å²) in [6.07, 6.45) is 1.54. The van der Waals surface area contributed by atoms with Crippen molar-refractivity contribution < 1.29 is 9.59 Å². The van der Waals surface area contributed by atoms with Crippen LogP contribution < -0.4 is 16.0 Å². The highest BCUT2D eigenvalue weighted by molar-refractivity contribution is 5.96.